The van der Waals surface area contributed by atoms with E-state index >= 15 is 0 Å². The number of benzene rings is 1. The number of rotatable bonds is 3. The highest BCUT2D eigenvalue weighted by molar-refractivity contribution is 6.30. The van der Waals surface area contributed by atoms with Crippen LogP contribution in [0.25, 0.3) is 0 Å². The van der Waals surface area contributed by atoms with Crippen LogP contribution in [0, 0.1) is 5.92 Å². The van der Waals surface area contributed by atoms with Crippen LogP contribution < -0.4 is 0 Å². The van der Waals surface area contributed by atoms with Gasteiger partial charge in [0.05, 0.1) is 11.5 Å². The van der Waals surface area contributed by atoms with E-state index < -0.39 is 11.9 Å². The molecule has 1 N–H and O–H groups in total. The van der Waals surface area contributed by atoms with Gasteiger partial charge >= 0.3 is 5.97 Å². The average Bonchev–Trinajstić information content (AvgIpc) is 2.89. The Hall–Kier alpha value is -1.06. The van der Waals surface area contributed by atoms with Crippen molar-refractivity contribution in [1.82, 2.24) is 0 Å². The molecule has 114 valence electrons. The quantitative estimate of drug-likeness (QED) is 0.908. The van der Waals surface area contributed by atoms with Crippen LogP contribution in [-0.2, 0) is 9.53 Å². The smallest absolute Gasteiger partial charge is 0.311 e. The summed E-state index contributed by atoms with van der Waals surface area (Å²) in [6.07, 6.45) is 6.25. The highest BCUT2D eigenvalue weighted by Gasteiger charge is 2.43. The van der Waals surface area contributed by atoms with Gasteiger partial charge in [0.25, 0.3) is 0 Å². The third-order valence-electron chi connectivity index (χ3n) is 5.01. The van der Waals surface area contributed by atoms with Gasteiger partial charge in [-0.15, -0.1) is 0 Å². The fourth-order valence-corrected chi connectivity index (χ4v) is 4.13. The lowest BCUT2D eigenvalue weighted by Crippen LogP contribution is -2.40. The molecule has 1 aromatic carbocycles. The Morgan fingerprint density at radius 1 is 1.29 bits per heavy atom. The Kier molecular flexibility index (Phi) is 4.23. The van der Waals surface area contributed by atoms with Crippen molar-refractivity contribution >= 4 is 17.6 Å². The summed E-state index contributed by atoms with van der Waals surface area (Å²) >= 11 is 5.91. The first kappa shape index (κ1) is 14.9. The molecule has 0 bridgehead atoms. The number of hydrogen-bond acceptors (Lipinski definition) is 2. The van der Waals surface area contributed by atoms with Crippen molar-refractivity contribution in [3.8, 4) is 0 Å². The van der Waals surface area contributed by atoms with Crippen LogP contribution in [0.2, 0.25) is 5.02 Å². The normalized spacial score (nSPS) is 25.9. The summed E-state index contributed by atoms with van der Waals surface area (Å²) in [5.74, 6) is -1.04. The van der Waals surface area contributed by atoms with Crippen molar-refractivity contribution in [3.05, 3.63) is 34.9 Å². The minimum atomic E-state index is -0.739. The van der Waals surface area contributed by atoms with Gasteiger partial charge in [-0.25, -0.2) is 0 Å². The standard InChI is InChI=1S/C17H21ClO3/c18-14-5-3-12(4-6-14)15(16(19)20)13-7-10-21-17(11-13)8-1-2-9-17/h3-6,13,15H,1-2,7-11H2,(H,19,20). The molecular formula is C17H21ClO3. The zero-order valence-corrected chi connectivity index (χ0v) is 12.8. The van der Waals surface area contributed by atoms with Crippen LogP contribution in [0.5, 0.6) is 0 Å². The van der Waals surface area contributed by atoms with Crippen molar-refractivity contribution in [2.75, 3.05) is 6.61 Å². The third kappa shape index (κ3) is 3.09. The Morgan fingerprint density at radius 2 is 1.95 bits per heavy atom. The third-order valence-corrected chi connectivity index (χ3v) is 5.26. The summed E-state index contributed by atoms with van der Waals surface area (Å²) in [7, 11) is 0. The average molecular weight is 309 g/mol. The Labute approximate surface area is 130 Å². The molecule has 2 fully saturated rings. The first-order valence-corrected chi connectivity index (χ1v) is 8.10. The number of carboxylic acid groups (broad SMARTS) is 1. The number of carbonyl (C=O) groups is 1. The number of aliphatic carboxylic acids is 1. The minimum Gasteiger partial charge on any atom is -0.481 e. The summed E-state index contributed by atoms with van der Waals surface area (Å²) in [4.78, 5) is 11.8. The monoisotopic (exact) mass is 308 g/mol. The maximum Gasteiger partial charge on any atom is 0.311 e. The molecule has 21 heavy (non-hydrogen) atoms. The second kappa shape index (κ2) is 5.98. The van der Waals surface area contributed by atoms with E-state index in [-0.39, 0.29) is 11.5 Å². The summed E-state index contributed by atoms with van der Waals surface area (Å²) in [6.45, 7) is 0.683. The van der Waals surface area contributed by atoms with Crippen molar-refractivity contribution in [1.29, 1.82) is 0 Å². The first-order valence-electron chi connectivity index (χ1n) is 7.72. The van der Waals surface area contributed by atoms with Gasteiger partial charge in [0.2, 0.25) is 0 Å². The zero-order chi connectivity index (χ0) is 14.9. The van der Waals surface area contributed by atoms with Gasteiger partial charge in [0, 0.05) is 11.6 Å². The molecule has 1 aliphatic heterocycles. The molecule has 0 aromatic heterocycles. The summed E-state index contributed by atoms with van der Waals surface area (Å²) in [5, 5.41) is 10.3. The molecule has 2 unspecified atom stereocenters. The number of carboxylic acids is 1. The van der Waals surface area contributed by atoms with Crippen molar-refractivity contribution in [3.63, 3.8) is 0 Å². The summed E-state index contributed by atoms with van der Waals surface area (Å²) in [5.41, 5.74) is 0.801. The van der Waals surface area contributed by atoms with Crippen LogP contribution in [0.4, 0.5) is 0 Å². The molecule has 2 atom stereocenters. The second-order valence-corrected chi connectivity index (χ2v) is 6.80. The van der Waals surface area contributed by atoms with E-state index in [9.17, 15) is 9.90 Å². The largest absolute Gasteiger partial charge is 0.481 e. The molecule has 0 amide bonds. The second-order valence-electron chi connectivity index (χ2n) is 6.36. The maximum atomic E-state index is 11.8. The van der Waals surface area contributed by atoms with Gasteiger partial charge in [-0.1, -0.05) is 36.6 Å². The SMILES string of the molecule is O=C(O)C(c1ccc(Cl)cc1)C1CCOC2(CCCC2)C1. The van der Waals surface area contributed by atoms with E-state index in [1.54, 1.807) is 12.1 Å². The van der Waals surface area contributed by atoms with E-state index in [1.807, 2.05) is 12.1 Å². The van der Waals surface area contributed by atoms with E-state index in [4.69, 9.17) is 16.3 Å². The van der Waals surface area contributed by atoms with Crippen LogP contribution in [0.15, 0.2) is 24.3 Å². The molecule has 1 saturated heterocycles. The molecule has 0 radical (unpaired) electrons. The summed E-state index contributed by atoms with van der Waals surface area (Å²) in [6, 6.07) is 7.24. The molecule has 1 aromatic rings. The molecule has 4 heteroatoms. The first-order chi connectivity index (χ1) is 10.1. The lowest BCUT2D eigenvalue weighted by atomic mass is 9.75. The minimum absolute atomic E-state index is 0.0525. The number of hydrogen-bond donors (Lipinski definition) is 1. The Bertz CT molecular complexity index is 505. The fourth-order valence-electron chi connectivity index (χ4n) is 4.00. The van der Waals surface area contributed by atoms with E-state index in [0.717, 1.165) is 31.2 Å². The van der Waals surface area contributed by atoms with Crippen molar-refractivity contribution in [2.24, 2.45) is 5.92 Å². The Balaban J connectivity index is 1.83. The molecule has 1 heterocycles. The van der Waals surface area contributed by atoms with Gasteiger partial charge in [-0.05, 0) is 49.3 Å². The molecule has 2 aliphatic rings. The predicted octanol–water partition coefficient (Wildman–Crippen LogP) is 4.25. The number of halogens is 1. The van der Waals surface area contributed by atoms with Gasteiger partial charge in [0.1, 0.15) is 0 Å². The molecule has 3 rings (SSSR count). The molecule has 1 spiro atoms. The molecule has 3 nitrogen and oxygen atoms in total. The van der Waals surface area contributed by atoms with E-state index in [0.29, 0.717) is 11.6 Å². The summed E-state index contributed by atoms with van der Waals surface area (Å²) < 4.78 is 6.03. The number of ether oxygens (including phenoxy) is 1. The van der Waals surface area contributed by atoms with Gasteiger partial charge in [0.15, 0.2) is 0 Å². The predicted molar refractivity (Wildman–Crippen MR) is 81.7 cm³/mol. The van der Waals surface area contributed by atoms with Crippen LogP contribution in [-0.4, -0.2) is 23.3 Å². The van der Waals surface area contributed by atoms with E-state index in [1.165, 1.54) is 12.8 Å². The molecule has 1 saturated carbocycles. The van der Waals surface area contributed by atoms with Crippen molar-refractivity contribution in [2.45, 2.75) is 50.0 Å². The highest BCUT2D eigenvalue weighted by Crippen LogP contribution is 2.46. The fraction of sp³-hybridized carbons (Fsp3) is 0.588. The van der Waals surface area contributed by atoms with Crippen LogP contribution in [0.1, 0.15) is 50.0 Å². The van der Waals surface area contributed by atoms with Crippen molar-refractivity contribution < 1.29 is 14.6 Å². The lowest BCUT2D eigenvalue weighted by Gasteiger charge is -2.40. The molecule has 1 aliphatic carbocycles. The Morgan fingerprint density at radius 3 is 2.57 bits per heavy atom. The molecular weight excluding hydrogens is 288 g/mol. The van der Waals surface area contributed by atoms with Gasteiger partial charge in [-0.2, -0.15) is 0 Å². The maximum absolute atomic E-state index is 11.8. The highest BCUT2D eigenvalue weighted by atomic mass is 35.5. The van der Waals surface area contributed by atoms with Gasteiger partial charge < -0.3 is 9.84 Å². The topological polar surface area (TPSA) is 46.5 Å². The van der Waals surface area contributed by atoms with Crippen LogP contribution in [0.3, 0.4) is 0 Å². The zero-order valence-electron chi connectivity index (χ0n) is 12.1. The van der Waals surface area contributed by atoms with E-state index in [2.05, 4.69) is 0 Å². The lowest BCUT2D eigenvalue weighted by molar-refractivity contribution is -0.144. The van der Waals surface area contributed by atoms with Crippen LogP contribution >= 0.6 is 11.6 Å². The van der Waals surface area contributed by atoms with Gasteiger partial charge in [-0.3, -0.25) is 4.79 Å².